The maximum Gasteiger partial charge on any atom is 0.328 e. The average Bonchev–Trinajstić information content (AvgIpc) is 2.20. The van der Waals surface area contributed by atoms with Gasteiger partial charge in [0.05, 0.1) is 0 Å². The molecule has 0 atom stereocenters. The van der Waals surface area contributed by atoms with Gasteiger partial charge >= 0.3 is 6.01 Å². The zero-order valence-corrected chi connectivity index (χ0v) is 8.72. The van der Waals surface area contributed by atoms with Gasteiger partial charge in [-0.25, -0.2) is 0 Å². The predicted molar refractivity (Wildman–Crippen MR) is 57.4 cm³/mol. The normalized spacial score (nSPS) is 10.1. The molecule has 1 heterocycles. The smallest absolute Gasteiger partial charge is 0.328 e. The highest BCUT2D eigenvalue weighted by Crippen LogP contribution is 2.28. The molecule has 1 aromatic carbocycles. The van der Waals surface area contributed by atoms with Crippen LogP contribution >= 0.6 is 11.6 Å². The van der Waals surface area contributed by atoms with Gasteiger partial charge in [-0.3, -0.25) is 0 Å². The van der Waals surface area contributed by atoms with Crippen molar-refractivity contribution in [2.75, 3.05) is 5.73 Å². The number of para-hydroxylation sites is 2. The van der Waals surface area contributed by atoms with Crippen LogP contribution in [0.3, 0.4) is 0 Å². The van der Waals surface area contributed by atoms with E-state index < -0.39 is 0 Å². The molecular formula is C9H7ClN4O2. The Bertz CT molecular complexity index is 500. The molecule has 0 saturated heterocycles. The minimum absolute atomic E-state index is 0.0300. The van der Waals surface area contributed by atoms with Gasteiger partial charge in [-0.2, -0.15) is 15.0 Å². The third kappa shape index (κ3) is 2.29. The van der Waals surface area contributed by atoms with E-state index in [1.54, 1.807) is 18.2 Å². The lowest BCUT2D eigenvalue weighted by Gasteiger charge is -2.05. The Morgan fingerprint density at radius 2 is 1.94 bits per heavy atom. The summed E-state index contributed by atoms with van der Waals surface area (Å²) in [6.07, 6.45) is 0. The minimum atomic E-state index is -0.0714. The molecule has 0 saturated carbocycles. The minimum Gasteiger partial charge on any atom is -0.504 e. The van der Waals surface area contributed by atoms with Crippen LogP contribution in [0, 0.1) is 0 Å². The summed E-state index contributed by atoms with van der Waals surface area (Å²) in [6, 6.07) is 6.32. The molecule has 0 unspecified atom stereocenters. The number of benzene rings is 1. The maximum atomic E-state index is 9.45. The fourth-order valence-electron chi connectivity index (χ4n) is 1.03. The van der Waals surface area contributed by atoms with Crippen LogP contribution in [-0.2, 0) is 0 Å². The van der Waals surface area contributed by atoms with E-state index in [1.165, 1.54) is 6.07 Å². The number of rotatable bonds is 2. The summed E-state index contributed by atoms with van der Waals surface area (Å²) in [5, 5.41) is 9.38. The quantitative estimate of drug-likeness (QED) is 0.825. The van der Waals surface area contributed by atoms with Crippen LogP contribution in [0.1, 0.15) is 0 Å². The topological polar surface area (TPSA) is 94.2 Å². The lowest BCUT2D eigenvalue weighted by atomic mass is 10.3. The number of aromatic hydroxyl groups is 1. The second kappa shape index (κ2) is 4.19. The number of hydrogen-bond acceptors (Lipinski definition) is 6. The first-order valence-electron chi connectivity index (χ1n) is 4.28. The van der Waals surface area contributed by atoms with Crippen molar-refractivity contribution in [2.45, 2.75) is 0 Å². The zero-order valence-electron chi connectivity index (χ0n) is 7.96. The highest BCUT2D eigenvalue weighted by Gasteiger charge is 2.07. The first-order valence-corrected chi connectivity index (χ1v) is 4.66. The summed E-state index contributed by atoms with van der Waals surface area (Å²) in [5.41, 5.74) is 5.36. The molecule has 82 valence electrons. The highest BCUT2D eigenvalue weighted by molar-refractivity contribution is 6.28. The molecule has 0 amide bonds. The number of aromatic nitrogens is 3. The van der Waals surface area contributed by atoms with Crippen molar-refractivity contribution >= 4 is 17.5 Å². The molecule has 7 heteroatoms. The third-order valence-electron chi connectivity index (χ3n) is 1.67. The standard InChI is InChI=1S/C9H7ClN4O2/c10-7-12-8(11)14-9(13-7)16-6-4-2-1-3-5(6)15/h1-4,15H,(H2,11,12,13,14). The van der Waals surface area contributed by atoms with Crippen LogP contribution in [0.5, 0.6) is 17.5 Å². The van der Waals surface area contributed by atoms with Crippen LogP contribution in [-0.4, -0.2) is 20.1 Å². The van der Waals surface area contributed by atoms with Crippen LogP contribution < -0.4 is 10.5 Å². The number of nitrogens with two attached hydrogens (primary N) is 1. The van der Waals surface area contributed by atoms with Gasteiger partial charge in [0.2, 0.25) is 11.2 Å². The lowest BCUT2D eigenvalue weighted by molar-refractivity contribution is 0.391. The number of nitrogen functional groups attached to an aromatic ring is 1. The molecule has 6 nitrogen and oxygen atoms in total. The van der Waals surface area contributed by atoms with Gasteiger partial charge in [-0.1, -0.05) is 12.1 Å². The van der Waals surface area contributed by atoms with E-state index in [0.29, 0.717) is 0 Å². The van der Waals surface area contributed by atoms with E-state index in [-0.39, 0.29) is 28.7 Å². The SMILES string of the molecule is Nc1nc(Cl)nc(Oc2ccccc2O)n1. The largest absolute Gasteiger partial charge is 0.504 e. The Morgan fingerprint density at radius 3 is 2.62 bits per heavy atom. The highest BCUT2D eigenvalue weighted by atomic mass is 35.5. The molecule has 0 radical (unpaired) electrons. The number of ether oxygens (including phenoxy) is 1. The number of phenols is 1. The van der Waals surface area contributed by atoms with E-state index in [0.717, 1.165) is 0 Å². The van der Waals surface area contributed by atoms with Gasteiger partial charge < -0.3 is 15.6 Å². The zero-order chi connectivity index (χ0) is 11.5. The summed E-state index contributed by atoms with van der Waals surface area (Å²) < 4.78 is 5.19. The number of phenolic OH excluding ortho intramolecular Hbond substituents is 1. The molecule has 16 heavy (non-hydrogen) atoms. The summed E-state index contributed by atoms with van der Waals surface area (Å²) >= 11 is 5.57. The van der Waals surface area contributed by atoms with Crippen molar-refractivity contribution in [3.63, 3.8) is 0 Å². The van der Waals surface area contributed by atoms with E-state index >= 15 is 0 Å². The van der Waals surface area contributed by atoms with Crippen LogP contribution in [0.4, 0.5) is 5.95 Å². The van der Waals surface area contributed by atoms with Crippen molar-refractivity contribution in [3.05, 3.63) is 29.5 Å². The lowest BCUT2D eigenvalue weighted by Crippen LogP contribution is -2.00. The average molecular weight is 239 g/mol. The fraction of sp³-hybridized carbons (Fsp3) is 0. The molecule has 1 aromatic heterocycles. The Morgan fingerprint density at radius 1 is 1.19 bits per heavy atom. The molecule has 0 bridgehead atoms. The number of hydrogen-bond donors (Lipinski definition) is 2. The summed E-state index contributed by atoms with van der Waals surface area (Å²) in [5.74, 6) is 0.132. The molecule has 0 fully saturated rings. The molecular weight excluding hydrogens is 232 g/mol. The van der Waals surface area contributed by atoms with Crippen LogP contribution in [0.15, 0.2) is 24.3 Å². The Labute approximate surface area is 95.7 Å². The first-order chi connectivity index (χ1) is 7.65. The number of nitrogens with zero attached hydrogens (tertiary/aromatic N) is 3. The van der Waals surface area contributed by atoms with E-state index in [1.807, 2.05) is 0 Å². The molecule has 3 N–H and O–H groups in total. The van der Waals surface area contributed by atoms with Gasteiger partial charge in [0.1, 0.15) is 0 Å². The van der Waals surface area contributed by atoms with Gasteiger partial charge in [-0.05, 0) is 23.7 Å². The van der Waals surface area contributed by atoms with Gasteiger partial charge in [-0.15, -0.1) is 0 Å². The van der Waals surface area contributed by atoms with E-state index in [2.05, 4.69) is 15.0 Å². The van der Waals surface area contributed by atoms with Crippen molar-refractivity contribution in [1.82, 2.24) is 15.0 Å². The van der Waals surface area contributed by atoms with Gasteiger partial charge in [0.25, 0.3) is 0 Å². The monoisotopic (exact) mass is 238 g/mol. The Kier molecular flexibility index (Phi) is 2.74. The second-order valence-corrected chi connectivity index (χ2v) is 3.15. The summed E-state index contributed by atoms with van der Waals surface area (Å²) in [6.45, 7) is 0. The maximum absolute atomic E-state index is 9.45. The second-order valence-electron chi connectivity index (χ2n) is 2.82. The summed E-state index contributed by atoms with van der Waals surface area (Å²) in [4.78, 5) is 11.0. The molecule has 0 aliphatic heterocycles. The summed E-state index contributed by atoms with van der Waals surface area (Å²) in [7, 11) is 0. The molecule has 2 aromatic rings. The molecule has 0 aliphatic rings. The van der Waals surface area contributed by atoms with Crippen LogP contribution in [0.2, 0.25) is 5.28 Å². The number of halogens is 1. The third-order valence-corrected chi connectivity index (χ3v) is 1.84. The van der Waals surface area contributed by atoms with Crippen molar-refractivity contribution in [3.8, 4) is 17.5 Å². The molecule has 0 aliphatic carbocycles. The van der Waals surface area contributed by atoms with E-state index in [4.69, 9.17) is 22.1 Å². The predicted octanol–water partition coefficient (Wildman–Crippen LogP) is 1.61. The molecule has 2 rings (SSSR count). The fourth-order valence-corrected chi connectivity index (χ4v) is 1.19. The Balaban J connectivity index is 2.30. The number of anilines is 1. The first kappa shape index (κ1) is 10.4. The van der Waals surface area contributed by atoms with Crippen molar-refractivity contribution in [1.29, 1.82) is 0 Å². The van der Waals surface area contributed by atoms with Gasteiger partial charge in [0, 0.05) is 0 Å². The van der Waals surface area contributed by atoms with Crippen molar-refractivity contribution in [2.24, 2.45) is 0 Å². The molecule has 0 spiro atoms. The Hall–Kier alpha value is -2.08. The van der Waals surface area contributed by atoms with Crippen LogP contribution in [0.25, 0.3) is 0 Å². The van der Waals surface area contributed by atoms with Crippen molar-refractivity contribution < 1.29 is 9.84 Å². The van der Waals surface area contributed by atoms with E-state index in [9.17, 15) is 5.11 Å². The van der Waals surface area contributed by atoms with Gasteiger partial charge in [0.15, 0.2) is 11.5 Å².